The van der Waals surface area contributed by atoms with Gasteiger partial charge in [0.2, 0.25) is 15.9 Å². The lowest BCUT2D eigenvalue weighted by atomic mass is 10.1. The Kier molecular flexibility index (Phi) is 7.46. The van der Waals surface area contributed by atoms with Gasteiger partial charge in [-0.2, -0.15) is 0 Å². The van der Waals surface area contributed by atoms with Crippen LogP contribution >= 0.6 is 11.8 Å². The van der Waals surface area contributed by atoms with E-state index >= 15 is 0 Å². The molecule has 1 heterocycles. The van der Waals surface area contributed by atoms with Gasteiger partial charge in [0.25, 0.3) is 0 Å². The molecule has 0 saturated heterocycles. The van der Waals surface area contributed by atoms with Gasteiger partial charge in [-0.25, -0.2) is 18.5 Å². The number of nitrogens with one attached hydrogen (secondary N) is 2. The summed E-state index contributed by atoms with van der Waals surface area (Å²) in [5, 5.41) is 8.67. The van der Waals surface area contributed by atoms with Gasteiger partial charge < -0.3 is 10.3 Å². The summed E-state index contributed by atoms with van der Waals surface area (Å²) >= 11 is 1.34. The number of benzene rings is 3. The molecule has 1 amide bonds. The molecule has 0 atom stereocenters. The quantitative estimate of drug-likeness (QED) is 0.307. The van der Waals surface area contributed by atoms with E-state index in [0.29, 0.717) is 18.1 Å². The molecular formula is C25H24N4O3S2. The number of H-pyrrole nitrogens is 1. The zero-order valence-corrected chi connectivity index (χ0v) is 19.9. The van der Waals surface area contributed by atoms with Gasteiger partial charge in [-0.15, -0.1) is 0 Å². The van der Waals surface area contributed by atoms with Gasteiger partial charge in [-0.1, -0.05) is 84.6 Å². The van der Waals surface area contributed by atoms with Crippen LogP contribution < -0.4 is 10.5 Å². The van der Waals surface area contributed by atoms with Gasteiger partial charge in [0.1, 0.15) is 0 Å². The third-order valence-corrected chi connectivity index (χ3v) is 6.92. The molecule has 1 aromatic heterocycles. The van der Waals surface area contributed by atoms with Crippen molar-refractivity contribution in [1.29, 1.82) is 0 Å². The lowest BCUT2D eigenvalue weighted by Gasteiger charge is -2.05. The van der Waals surface area contributed by atoms with Crippen molar-refractivity contribution in [2.45, 2.75) is 16.5 Å². The van der Waals surface area contributed by atoms with E-state index in [1.165, 1.54) is 23.9 Å². The third kappa shape index (κ3) is 6.13. The van der Waals surface area contributed by atoms with Crippen molar-refractivity contribution in [1.82, 2.24) is 15.3 Å². The maximum Gasteiger partial charge on any atom is 0.238 e. The van der Waals surface area contributed by atoms with Crippen LogP contribution in [0.4, 0.5) is 0 Å². The predicted octanol–water partition coefficient (Wildman–Crippen LogP) is 3.84. The van der Waals surface area contributed by atoms with Crippen LogP contribution in [0.2, 0.25) is 0 Å². The van der Waals surface area contributed by atoms with Gasteiger partial charge in [0.05, 0.1) is 22.0 Å². The molecule has 0 spiro atoms. The number of aromatic amines is 1. The van der Waals surface area contributed by atoms with Crippen LogP contribution in [0.1, 0.15) is 5.56 Å². The maximum absolute atomic E-state index is 12.4. The number of carbonyl (C=O) groups excluding carboxylic acids is 1. The Morgan fingerprint density at radius 2 is 1.53 bits per heavy atom. The molecule has 4 N–H and O–H groups in total. The molecule has 0 fully saturated rings. The second kappa shape index (κ2) is 10.7. The summed E-state index contributed by atoms with van der Waals surface area (Å²) in [6.07, 6.45) is 0.582. The molecular weight excluding hydrogens is 468 g/mol. The Balaban J connectivity index is 1.36. The van der Waals surface area contributed by atoms with Crippen LogP contribution in [-0.2, 0) is 21.2 Å². The van der Waals surface area contributed by atoms with Gasteiger partial charge in [-0.3, -0.25) is 4.79 Å². The first kappa shape index (κ1) is 23.7. The summed E-state index contributed by atoms with van der Waals surface area (Å²) in [7, 11) is -3.71. The van der Waals surface area contributed by atoms with Crippen LogP contribution in [0.15, 0.2) is 95.0 Å². The Labute approximate surface area is 202 Å². The lowest BCUT2D eigenvalue weighted by molar-refractivity contribution is -0.118. The van der Waals surface area contributed by atoms with Gasteiger partial charge in [-0.05, 0) is 24.1 Å². The van der Waals surface area contributed by atoms with Crippen LogP contribution in [0, 0.1) is 0 Å². The molecule has 0 aliphatic rings. The molecule has 4 rings (SSSR count). The van der Waals surface area contributed by atoms with Crippen molar-refractivity contribution in [3.8, 4) is 22.5 Å². The van der Waals surface area contributed by atoms with Crippen molar-refractivity contribution in [2.24, 2.45) is 5.14 Å². The maximum atomic E-state index is 12.4. The highest BCUT2D eigenvalue weighted by Gasteiger charge is 2.15. The van der Waals surface area contributed by atoms with Crippen LogP contribution in [0.25, 0.3) is 22.5 Å². The Morgan fingerprint density at radius 3 is 2.15 bits per heavy atom. The lowest BCUT2D eigenvalue weighted by Crippen LogP contribution is -2.27. The number of carbonyl (C=O) groups is 1. The number of sulfonamides is 1. The molecule has 0 unspecified atom stereocenters. The monoisotopic (exact) mass is 492 g/mol. The van der Waals surface area contributed by atoms with E-state index in [1.54, 1.807) is 12.1 Å². The minimum atomic E-state index is -3.71. The summed E-state index contributed by atoms with van der Waals surface area (Å²) in [5.74, 6) is 0.116. The number of nitrogens with zero attached hydrogens (tertiary/aromatic N) is 1. The fraction of sp³-hybridized carbons (Fsp3) is 0.120. The number of primary sulfonamides is 1. The molecule has 4 aromatic rings. The predicted molar refractivity (Wildman–Crippen MR) is 135 cm³/mol. The third-order valence-electron chi connectivity index (χ3n) is 5.12. The van der Waals surface area contributed by atoms with Gasteiger partial charge in [0.15, 0.2) is 5.16 Å². The van der Waals surface area contributed by atoms with Crippen molar-refractivity contribution < 1.29 is 13.2 Å². The number of hydrogen-bond acceptors (Lipinski definition) is 5. The highest BCUT2D eigenvalue weighted by atomic mass is 32.2. The van der Waals surface area contributed by atoms with Crippen LogP contribution in [0.3, 0.4) is 0 Å². The van der Waals surface area contributed by atoms with Gasteiger partial charge >= 0.3 is 0 Å². The molecule has 0 aliphatic carbocycles. The van der Waals surface area contributed by atoms with E-state index in [1.807, 2.05) is 60.7 Å². The Bertz CT molecular complexity index is 1300. The molecule has 34 heavy (non-hydrogen) atoms. The summed E-state index contributed by atoms with van der Waals surface area (Å²) < 4.78 is 22.7. The fourth-order valence-electron chi connectivity index (χ4n) is 3.42. The van der Waals surface area contributed by atoms with Crippen LogP contribution in [0.5, 0.6) is 0 Å². The summed E-state index contributed by atoms with van der Waals surface area (Å²) in [4.78, 5) is 20.5. The first-order valence-corrected chi connectivity index (χ1v) is 13.2. The summed E-state index contributed by atoms with van der Waals surface area (Å²) in [6, 6.07) is 26.2. The molecule has 9 heteroatoms. The first-order valence-electron chi connectivity index (χ1n) is 10.6. The topological polar surface area (TPSA) is 118 Å². The number of thioether (sulfide) groups is 1. The van der Waals surface area contributed by atoms with Crippen molar-refractivity contribution in [3.63, 3.8) is 0 Å². The largest absolute Gasteiger partial charge is 0.355 e. The highest BCUT2D eigenvalue weighted by molar-refractivity contribution is 7.99. The number of amides is 1. The normalized spacial score (nSPS) is 11.3. The number of aromatic nitrogens is 2. The minimum absolute atomic E-state index is 0.0693. The highest BCUT2D eigenvalue weighted by Crippen LogP contribution is 2.32. The van der Waals surface area contributed by atoms with E-state index in [2.05, 4.69) is 10.3 Å². The minimum Gasteiger partial charge on any atom is -0.355 e. The summed E-state index contributed by atoms with van der Waals surface area (Å²) in [5.41, 5.74) is 4.70. The molecule has 3 aromatic carbocycles. The smallest absolute Gasteiger partial charge is 0.238 e. The first-order chi connectivity index (χ1) is 16.4. The average molecular weight is 493 g/mol. The van der Waals surface area contributed by atoms with Crippen molar-refractivity contribution >= 4 is 27.7 Å². The molecule has 174 valence electrons. The van der Waals surface area contributed by atoms with E-state index in [9.17, 15) is 13.2 Å². The van der Waals surface area contributed by atoms with E-state index in [4.69, 9.17) is 10.1 Å². The molecule has 0 bridgehead atoms. The Morgan fingerprint density at radius 1 is 0.912 bits per heavy atom. The second-order valence-corrected chi connectivity index (χ2v) is 10.1. The number of imidazole rings is 1. The van der Waals surface area contributed by atoms with E-state index in [-0.39, 0.29) is 16.6 Å². The second-order valence-electron chi connectivity index (χ2n) is 7.58. The van der Waals surface area contributed by atoms with E-state index < -0.39 is 10.0 Å². The summed E-state index contributed by atoms with van der Waals surface area (Å²) in [6.45, 7) is 0.441. The number of rotatable bonds is 9. The average Bonchev–Trinajstić information content (AvgIpc) is 3.28. The van der Waals surface area contributed by atoms with Crippen molar-refractivity contribution in [2.75, 3.05) is 12.3 Å². The van der Waals surface area contributed by atoms with Gasteiger partial charge in [0, 0.05) is 17.7 Å². The number of nitrogens with two attached hydrogens (primary N) is 1. The van der Waals surface area contributed by atoms with Crippen molar-refractivity contribution in [3.05, 3.63) is 90.5 Å². The standard InChI is InChI=1S/C25H24N4O3S2/c26-34(31,32)21-13-11-18(12-14-21)15-16-27-22(30)17-33-25-28-23(19-7-3-1-4-8-19)24(29-25)20-9-5-2-6-10-20/h1-14H,15-17H2,(H,27,30)(H,28,29)(H2,26,31,32). The fourth-order valence-corrected chi connectivity index (χ4v) is 4.63. The number of hydrogen-bond donors (Lipinski definition) is 3. The molecule has 0 aliphatic heterocycles. The van der Waals surface area contributed by atoms with E-state index in [0.717, 1.165) is 28.1 Å². The Hall–Kier alpha value is -3.40. The zero-order valence-electron chi connectivity index (χ0n) is 18.3. The molecule has 0 saturated carbocycles. The zero-order chi connectivity index (χ0) is 24.0. The molecule has 0 radical (unpaired) electrons. The SMILES string of the molecule is NS(=O)(=O)c1ccc(CCNC(=O)CSc2nc(-c3ccccc3)c(-c3ccccc3)[nH]2)cc1. The molecule has 7 nitrogen and oxygen atoms in total. The van der Waals surface area contributed by atoms with Crippen LogP contribution in [-0.4, -0.2) is 36.6 Å².